The van der Waals surface area contributed by atoms with Crippen molar-refractivity contribution in [2.24, 2.45) is 10.8 Å². The minimum atomic E-state index is -0.412. The molecule has 0 unspecified atom stereocenters. The predicted molar refractivity (Wildman–Crippen MR) is 239 cm³/mol. The molecule has 0 amide bonds. The van der Waals surface area contributed by atoms with Crippen LogP contribution in [0.3, 0.4) is 0 Å². The van der Waals surface area contributed by atoms with Gasteiger partial charge >= 0.3 is 11.9 Å². The first-order valence-electron chi connectivity index (χ1n) is 25.0. The summed E-state index contributed by atoms with van der Waals surface area (Å²) in [6, 6.07) is 0. The van der Waals surface area contributed by atoms with Gasteiger partial charge in [-0.05, 0) is 97.6 Å². The Hall–Kier alpha value is -1.14. The van der Waals surface area contributed by atoms with Crippen LogP contribution in [-0.4, -0.2) is 60.9 Å². The molecule has 0 heterocycles. The summed E-state index contributed by atoms with van der Waals surface area (Å²) in [5.41, 5.74) is -0.656. The minimum Gasteiger partial charge on any atom is -0.465 e. The molecule has 1 N–H and O–H groups in total. The molecule has 56 heavy (non-hydrogen) atoms. The lowest BCUT2D eigenvalue weighted by molar-refractivity contribution is -0.163. The van der Waals surface area contributed by atoms with Gasteiger partial charge in [-0.3, -0.25) is 9.59 Å². The third-order valence-corrected chi connectivity index (χ3v) is 12.9. The van der Waals surface area contributed by atoms with E-state index < -0.39 is 5.41 Å². The number of hydrogen-bond acceptors (Lipinski definition) is 6. The number of rotatable bonds is 41. The van der Waals surface area contributed by atoms with Crippen LogP contribution in [-0.2, 0) is 19.1 Å². The molecule has 1 saturated carbocycles. The Morgan fingerprint density at radius 3 is 1.55 bits per heavy atom. The maximum atomic E-state index is 13.9. The molecule has 6 nitrogen and oxygen atoms in total. The van der Waals surface area contributed by atoms with E-state index in [1.54, 1.807) is 0 Å². The molecule has 0 atom stereocenters. The number of aliphatic hydroxyl groups excluding tert-OH is 1. The molecule has 1 rings (SSSR count). The van der Waals surface area contributed by atoms with Crippen molar-refractivity contribution in [3.63, 3.8) is 0 Å². The smallest absolute Gasteiger partial charge is 0.312 e. The van der Waals surface area contributed by atoms with E-state index in [-0.39, 0.29) is 30.1 Å². The number of aliphatic hydroxyl groups is 1. The fourth-order valence-corrected chi connectivity index (χ4v) is 8.86. The first-order chi connectivity index (χ1) is 27.2. The van der Waals surface area contributed by atoms with Gasteiger partial charge in [0.05, 0.1) is 24.0 Å². The summed E-state index contributed by atoms with van der Waals surface area (Å²) < 4.78 is 12.1. The molecule has 0 radical (unpaired) electrons. The summed E-state index contributed by atoms with van der Waals surface area (Å²) in [6.07, 6.45) is 41.5. The van der Waals surface area contributed by atoms with Crippen LogP contribution < -0.4 is 0 Å². The van der Waals surface area contributed by atoms with Crippen molar-refractivity contribution >= 4 is 11.9 Å². The molecule has 0 aromatic carbocycles. The Balaban J connectivity index is 2.35. The lowest BCUT2D eigenvalue weighted by Gasteiger charge is -2.30. The molecule has 0 aromatic rings. The van der Waals surface area contributed by atoms with E-state index in [1.807, 2.05) is 13.8 Å². The zero-order chi connectivity index (χ0) is 41.0. The van der Waals surface area contributed by atoms with Crippen LogP contribution >= 0.6 is 0 Å². The molecular formula is C50H97NO5. The van der Waals surface area contributed by atoms with Crippen molar-refractivity contribution in [2.45, 2.75) is 265 Å². The number of nitrogens with zero attached hydrogens (tertiary/aromatic N) is 1. The normalized spacial score (nSPS) is 14.3. The topological polar surface area (TPSA) is 76.1 Å². The largest absolute Gasteiger partial charge is 0.465 e. The maximum Gasteiger partial charge on any atom is 0.312 e. The van der Waals surface area contributed by atoms with E-state index in [2.05, 4.69) is 25.7 Å². The van der Waals surface area contributed by atoms with E-state index in [0.29, 0.717) is 6.61 Å². The summed E-state index contributed by atoms with van der Waals surface area (Å²) in [6.45, 7) is 14.4. The number of ether oxygens (including phenoxy) is 2. The number of unbranched alkanes of at least 4 members (excludes halogenated alkanes) is 22. The van der Waals surface area contributed by atoms with E-state index in [0.717, 1.165) is 129 Å². The molecule has 0 bridgehead atoms. The highest BCUT2D eigenvalue weighted by molar-refractivity contribution is 5.77. The van der Waals surface area contributed by atoms with Crippen LogP contribution in [0.5, 0.6) is 0 Å². The molecule has 0 aromatic heterocycles. The van der Waals surface area contributed by atoms with Gasteiger partial charge in [-0.2, -0.15) is 0 Å². The lowest BCUT2D eigenvalue weighted by atomic mass is 9.80. The standard InChI is InChI=1S/C50H97NO5/c1-6-9-12-15-18-25-34-45-55-47(53)49(4,5)37-28-21-23-32-41-51(43-44-52)42-33-24-22-29-38-50(39-30-31-40-50)48(54)56-46(35-26-19-16-13-10-7-2)36-27-20-17-14-11-8-3/h46,52H,6-45H2,1-5H3. The summed E-state index contributed by atoms with van der Waals surface area (Å²) in [4.78, 5) is 29.0. The summed E-state index contributed by atoms with van der Waals surface area (Å²) in [5, 5.41) is 9.71. The van der Waals surface area contributed by atoms with Gasteiger partial charge in [0, 0.05) is 6.54 Å². The van der Waals surface area contributed by atoms with Crippen molar-refractivity contribution in [1.29, 1.82) is 0 Å². The highest BCUT2D eigenvalue weighted by atomic mass is 16.5. The van der Waals surface area contributed by atoms with Crippen molar-refractivity contribution in [2.75, 3.05) is 32.8 Å². The van der Waals surface area contributed by atoms with Gasteiger partial charge in [-0.25, -0.2) is 0 Å². The molecule has 6 heteroatoms. The van der Waals surface area contributed by atoms with Crippen LogP contribution in [0.25, 0.3) is 0 Å². The van der Waals surface area contributed by atoms with E-state index in [4.69, 9.17) is 9.47 Å². The van der Waals surface area contributed by atoms with Gasteiger partial charge in [0.25, 0.3) is 0 Å². The van der Waals surface area contributed by atoms with E-state index in [1.165, 1.54) is 116 Å². The number of carbonyl (C=O) groups is 2. The van der Waals surface area contributed by atoms with Crippen LogP contribution in [0.1, 0.15) is 259 Å². The quantitative estimate of drug-likeness (QED) is 0.0491. The van der Waals surface area contributed by atoms with Crippen LogP contribution in [0, 0.1) is 10.8 Å². The molecular weight excluding hydrogens is 695 g/mol. The molecule has 0 saturated heterocycles. The summed E-state index contributed by atoms with van der Waals surface area (Å²) in [5.74, 6) is 0.0931. The van der Waals surface area contributed by atoms with Crippen molar-refractivity contribution < 1.29 is 24.2 Å². The molecule has 1 aliphatic rings. The van der Waals surface area contributed by atoms with Gasteiger partial charge in [-0.15, -0.1) is 0 Å². The highest BCUT2D eigenvalue weighted by Gasteiger charge is 2.42. The SMILES string of the molecule is CCCCCCCCCOC(=O)C(C)(C)CCCCCCN(CCO)CCCCCCC1(C(=O)OC(CCCCCCCC)CCCCCCCC)CCCC1. The zero-order valence-corrected chi connectivity index (χ0v) is 38.4. The van der Waals surface area contributed by atoms with Gasteiger partial charge in [0.1, 0.15) is 6.10 Å². The molecule has 0 spiro atoms. The number of carbonyl (C=O) groups excluding carboxylic acids is 2. The number of esters is 2. The summed E-state index contributed by atoms with van der Waals surface area (Å²) >= 11 is 0. The second-order valence-electron chi connectivity index (χ2n) is 18.7. The fourth-order valence-electron chi connectivity index (χ4n) is 8.86. The lowest BCUT2D eigenvalue weighted by Crippen LogP contribution is -2.33. The third kappa shape index (κ3) is 26.8. The molecule has 0 aliphatic heterocycles. The zero-order valence-electron chi connectivity index (χ0n) is 38.4. The predicted octanol–water partition coefficient (Wildman–Crippen LogP) is 14.5. The average molecular weight is 792 g/mol. The molecule has 332 valence electrons. The van der Waals surface area contributed by atoms with E-state index in [9.17, 15) is 14.7 Å². The van der Waals surface area contributed by atoms with Crippen molar-refractivity contribution in [1.82, 2.24) is 4.90 Å². The Kier molecular flexibility index (Phi) is 33.8. The highest BCUT2D eigenvalue weighted by Crippen LogP contribution is 2.44. The third-order valence-electron chi connectivity index (χ3n) is 12.9. The Morgan fingerprint density at radius 2 is 1.04 bits per heavy atom. The van der Waals surface area contributed by atoms with Gasteiger partial charge < -0.3 is 19.5 Å². The average Bonchev–Trinajstić information content (AvgIpc) is 3.68. The van der Waals surface area contributed by atoms with E-state index >= 15 is 0 Å². The first kappa shape index (κ1) is 52.9. The maximum absolute atomic E-state index is 13.9. The Labute approximate surface area is 349 Å². The van der Waals surface area contributed by atoms with Crippen molar-refractivity contribution in [3.8, 4) is 0 Å². The number of hydrogen-bond donors (Lipinski definition) is 1. The van der Waals surface area contributed by atoms with Crippen LogP contribution in [0.2, 0.25) is 0 Å². The van der Waals surface area contributed by atoms with Crippen LogP contribution in [0.15, 0.2) is 0 Å². The Morgan fingerprint density at radius 1 is 0.589 bits per heavy atom. The van der Waals surface area contributed by atoms with Gasteiger partial charge in [0.2, 0.25) is 0 Å². The second-order valence-corrected chi connectivity index (χ2v) is 18.7. The first-order valence-corrected chi connectivity index (χ1v) is 25.0. The summed E-state index contributed by atoms with van der Waals surface area (Å²) in [7, 11) is 0. The monoisotopic (exact) mass is 792 g/mol. The molecule has 1 fully saturated rings. The second kappa shape index (κ2) is 35.8. The Bertz CT molecular complexity index is 884. The minimum absolute atomic E-state index is 0.0396. The van der Waals surface area contributed by atoms with Crippen LogP contribution in [0.4, 0.5) is 0 Å². The van der Waals surface area contributed by atoms with Crippen molar-refractivity contribution in [3.05, 3.63) is 0 Å². The van der Waals surface area contributed by atoms with Gasteiger partial charge in [0.15, 0.2) is 0 Å². The fraction of sp³-hybridized carbons (Fsp3) is 0.960. The van der Waals surface area contributed by atoms with Gasteiger partial charge in [-0.1, -0.05) is 175 Å². The molecule has 1 aliphatic carbocycles.